The predicted molar refractivity (Wildman–Crippen MR) is 116 cm³/mol. The Bertz CT molecular complexity index is 1160. The average Bonchev–Trinajstić information content (AvgIpc) is 3.50. The van der Waals surface area contributed by atoms with Crippen molar-refractivity contribution < 1.29 is 4.42 Å². The van der Waals surface area contributed by atoms with Crippen LogP contribution in [-0.2, 0) is 6.54 Å². The van der Waals surface area contributed by atoms with E-state index in [1.165, 1.54) is 18.5 Å². The summed E-state index contributed by atoms with van der Waals surface area (Å²) >= 11 is 0. The highest BCUT2D eigenvalue weighted by atomic mass is 16.4. The van der Waals surface area contributed by atoms with Crippen molar-refractivity contribution in [1.29, 1.82) is 0 Å². The van der Waals surface area contributed by atoms with Crippen molar-refractivity contribution in [3.63, 3.8) is 0 Å². The number of fused-ring (bicyclic) bond motifs is 2. The Morgan fingerprint density at radius 2 is 1.73 bits per heavy atom. The van der Waals surface area contributed by atoms with Crippen LogP contribution in [0.4, 0.5) is 5.82 Å². The number of rotatable bonds is 4. The van der Waals surface area contributed by atoms with Crippen LogP contribution in [0.2, 0.25) is 0 Å². The summed E-state index contributed by atoms with van der Waals surface area (Å²) < 4.78 is 5.95. The molecule has 2 aromatic carbocycles. The monoisotopic (exact) mass is 397 g/mol. The highest BCUT2D eigenvalue weighted by molar-refractivity contribution is 5.84. The molecule has 6 nitrogen and oxygen atoms in total. The van der Waals surface area contributed by atoms with Gasteiger partial charge in [0, 0.05) is 31.2 Å². The minimum absolute atomic E-state index is 0.552. The maximum Gasteiger partial charge on any atom is 0.252 e. The van der Waals surface area contributed by atoms with Gasteiger partial charge in [-0.3, -0.25) is 4.90 Å². The van der Waals surface area contributed by atoms with Gasteiger partial charge in [-0.05, 0) is 36.6 Å². The Hall–Kier alpha value is -3.25. The molecule has 4 heterocycles. The van der Waals surface area contributed by atoms with E-state index in [9.17, 15) is 0 Å². The molecule has 0 aliphatic carbocycles. The molecule has 0 saturated carbocycles. The molecule has 2 atom stereocenters. The number of benzene rings is 2. The van der Waals surface area contributed by atoms with Crippen molar-refractivity contribution in [3.8, 4) is 11.5 Å². The average molecular weight is 397 g/mol. The lowest BCUT2D eigenvalue weighted by molar-refractivity contribution is 0.246. The first kappa shape index (κ1) is 17.6. The molecule has 4 aromatic rings. The first-order valence-electron chi connectivity index (χ1n) is 10.5. The van der Waals surface area contributed by atoms with Gasteiger partial charge in [0.15, 0.2) is 11.3 Å². The van der Waals surface area contributed by atoms with E-state index >= 15 is 0 Å². The topological polar surface area (TPSA) is 58.3 Å². The van der Waals surface area contributed by atoms with Crippen LogP contribution in [0.5, 0.6) is 0 Å². The van der Waals surface area contributed by atoms with Crippen LogP contribution in [0, 0.1) is 5.92 Å². The molecule has 0 N–H and O–H groups in total. The van der Waals surface area contributed by atoms with Crippen molar-refractivity contribution in [3.05, 3.63) is 72.6 Å². The molecular weight excluding hydrogens is 374 g/mol. The lowest BCUT2D eigenvalue weighted by Crippen LogP contribution is -2.35. The molecule has 2 aliphatic heterocycles. The molecule has 2 aliphatic rings. The highest BCUT2D eigenvalue weighted by Gasteiger charge is 2.42. The summed E-state index contributed by atoms with van der Waals surface area (Å²) in [4.78, 5) is 18.7. The molecule has 2 saturated heterocycles. The maximum atomic E-state index is 5.95. The Kier molecular flexibility index (Phi) is 4.23. The van der Waals surface area contributed by atoms with Crippen molar-refractivity contribution in [2.75, 3.05) is 24.5 Å². The molecule has 2 fully saturated rings. The fourth-order valence-corrected chi connectivity index (χ4v) is 4.91. The zero-order chi connectivity index (χ0) is 19.9. The van der Waals surface area contributed by atoms with E-state index in [1.54, 1.807) is 6.33 Å². The van der Waals surface area contributed by atoms with E-state index in [4.69, 9.17) is 9.40 Å². The number of hydrogen-bond acceptors (Lipinski definition) is 6. The van der Waals surface area contributed by atoms with Crippen LogP contribution in [0.3, 0.4) is 0 Å². The maximum absolute atomic E-state index is 5.95. The first-order chi connectivity index (χ1) is 14.8. The summed E-state index contributed by atoms with van der Waals surface area (Å²) in [5, 5.41) is 0. The van der Waals surface area contributed by atoms with Gasteiger partial charge in [0.2, 0.25) is 5.89 Å². The molecule has 0 amide bonds. The van der Waals surface area contributed by atoms with E-state index in [0.29, 0.717) is 23.6 Å². The number of aromatic nitrogens is 3. The van der Waals surface area contributed by atoms with E-state index in [0.717, 1.165) is 36.5 Å². The van der Waals surface area contributed by atoms with Crippen LogP contribution in [0.25, 0.3) is 22.7 Å². The molecule has 150 valence electrons. The number of nitrogens with zero attached hydrogens (tertiary/aromatic N) is 5. The van der Waals surface area contributed by atoms with Crippen LogP contribution < -0.4 is 4.90 Å². The zero-order valence-corrected chi connectivity index (χ0v) is 16.7. The minimum Gasteiger partial charge on any atom is -0.417 e. The number of oxazole rings is 1. The Morgan fingerprint density at radius 3 is 2.57 bits per heavy atom. The smallest absolute Gasteiger partial charge is 0.252 e. The lowest BCUT2D eigenvalue weighted by atomic mass is 10.0. The number of anilines is 1. The summed E-state index contributed by atoms with van der Waals surface area (Å²) in [7, 11) is 0. The quantitative estimate of drug-likeness (QED) is 0.519. The van der Waals surface area contributed by atoms with Crippen molar-refractivity contribution in [2.45, 2.75) is 19.0 Å². The molecule has 0 radical (unpaired) electrons. The molecule has 2 aromatic heterocycles. The van der Waals surface area contributed by atoms with Crippen molar-refractivity contribution >= 4 is 17.0 Å². The number of hydrogen-bond donors (Lipinski definition) is 0. The van der Waals surface area contributed by atoms with Crippen LogP contribution in [0.1, 0.15) is 12.0 Å². The second kappa shape index (κ2) is 7.22. The molecule has 0 bridgehead atoms. The van der Waals surface area contributed by atoms with E-state index in [1.807, 2.05) is 30.3 Å². The SMILES string of the molecule is c1ccc(CN2CCC3CN(c4ncnc5oc(-c6ccccc6)nc45)CC32)cc1. The third kappa shape index (κ3) is 3.04. The minimum atomic E-state index is 0.552. The van der Waals surface area contributed by atoms with Gasteiger partial charge in [0.25, 0.3) is 5.71 Å². The summed E-state index contributed by atoms with van der Waals surface area (Å²) in [5.41, 5.74) is 3.64. The normalized spacial score (nSPS) is 21.4. The van der Waals surface area contributed by atoms with Crippen LogP contribution >= 0.6 is 0 Å². The second-order valence-electron chi connectivity index (χ2n) is 8.21. The highest BCUT2D eigenvalue weighted by Crippen LogP contribution is 2.36. The fourth-order valence-electron chi connectivity index (χ4n) is 4.91. The molecule has 2 unspecified atom stereocenters. The van der Waals surface area contributed by atoms with Gasteiger partial charge in [0.1, 0.15) is 6.33 Å². The van der Waals surface area contributed by atoms with Crippen LogP contribution in [0.15, 0.2) is 71.4 Å². The summed E-state index contributed by atoms with van der Waals surface area (Å²) in [6, 6.07) is 21.3. The van der Waals surface area contributed by atoms with Gasteiger partial charge in [-0.1, -0.05) is 48.5 Å². The standard InChI is InChI=1S/C24H23N5O/c1-3-7-17(8-4-1)13-28-12-11-19-14-29(15-20(19)28)22-21-24(26-16-25-22)30-23(27-21)18-9-5-2-6-10-18/h1-10,16,19-20H,11-15H2. The van der Waals surface area contributed by atoms with E-state index < -0.39 is 0 Å². The van der Waals surface area contributed by atoms with E-state index in [-0.39, 0.29) is 0 Å². The third-order valence-electron chi connectivity index (χ3n) is 6.39. The van der Waals surface area contributed by atoms with Gasteiger partial charge >= 0.3 is 0 Å². The van der Waals surface area contributed by atoms with Crippen molar-refractivity contribution in [2.24, 2.45) is 5.92 Å². The molecule has 30 heavy (non-hydrogen) atoms. The summed E-state index contributed by atoms with van der Waals surface area (Å²) in [6.07, 6.45) is 2.82. The van der Waals surface area contributed by atoms with Gasteiger partial charge < -0.3 is 9.32 Å². The number of likely N-dealkylation sites (tertiary alicyclic amines) is 1. The zero-order valence-electron chi connectivity index (χ0n) is 16.7. The van der Waals surface area contributed by atoms with Gasteiger partial charge in [0.05, 0.1) is 0 Å². The van der Waals surface area contributed by atoms with Crippen molar-refractivity contribution in [1.82, 2.24) is 19.9 Å². The molecule has 0 spiro atoms. The predicted octanol–water partition coefficient (Wildman–Crippen LogP) is 4.00. The molecule has 6 heteroatoms. The Labute approximate surface area is 175 Å². The Morgan fingerprint density at radius 1 is 0.933 bits per heavy atom. The first-order valence-corrected chi connectivity index (χ1v) is 10.5. The van der Waals surface area contributed by atoms with Gasteiger partial charge in [-0.25, -0.2) is 9.97 Å². The summed E-state index contributed by atoms with van der Waals surface area (Å²) in [6.45, 7) is 4.16. The largest absolute Gasteiger partial charge is 0.417 e. The Balaban J connectivity index is 1.27. The van der Waals surface area contributed by atoms with E-state index in [2.05, 4.69) is 50.1 Å². The lowest BCUT2D eigenvalue weighted by Gasteiger charge is -2.25. The van der Waals surface area contributed by atoms with Crippen LogP contribution in [-0.4, -0.2) is 45.5 Å². The van der Waals surface area contributed by atoms with Gasteiger partial charge in [-0.15, -0.1) is 0 Å². The summed E-state index contributed by atoms with van der Waals surface area (Å²) in [5.74, 6) is 2.15. The third-order valence-corrected chi connectivity index (χ3v) is 6.39. The molecular formula is C24H23N5O. The second-order valence-corrected chi connectivity index (χ2v) is 8.21. The van der Waals surface area contributed by atoms with Gasteiger partial charge in [-0.2, -0.15) is 4.98 Å². The molecule has 6 rings (SSSR count). The fraction of sp³-hybridized carbons (Fsp3) is 0.292.